The lowest BCUT2D eigenvalue weighted by Crippen LogP contribution is -2.24. The maximum absolute atomic E-state index is 12.2. The van der Waals surface area contributed by atoms with Crippen LogP contribution in [0.15, 0.2) is 23.3 Å². The number of unbranched alkanes of at least 4 members (excludes halogenated alkanes) is 9. The molecule has 0 heterocycles. The summed E-state index contributed by atoms with van der Waals surface area (Å²) in [5, 5.41) is 0.138. The molecule has 0 saturated heterocycles. The van der Waals surface area contributed by atoms with Crippen LogP contribution >= 0.6 is 11.8 Å². The maximum Gasteiger partial charge on any atom is 0.143 e. The van der Waals surface area contributed by atoms with Crippen molar-refractivity contribution in [2.24, 2.45) is 5.41 Å². The lowest BCUT2D eigenvalue weighted by molar-refractivity contribution is -0.116. The van der Waals surface area contributed by atoms with Gasteiger partial charge in [-0.25, -0.2) is 0 Å². The molecule has 0 fully saturated rings. The second-order valence-electron chi connectivity index (χ2n) is 9.01. The molecule has 0 bridgehead atoms. The topological polar surface area (TPSA) is 17.1 Å². The number of carbonyl (C=O) groups excluding carboxylic acids is 1. The van der Waals surface area contributed by atoms with Crippen molar-refractivity contribution >= 4 is 17.5 Å². The standard InChI is InChI=1S/C25H44OS/c1-6-7-8-9-10-11-12-13-14-15-19-27-24(22(3)26)20-23-21(2)17-16-18-25(23,4)5/h16-17,24H,6-15,18-20H2,1-5H3. The van der Waals surface area contributed by atoms with Crippen LogP contribution in [0.3, 0.4) is 0 Å². The van der Waals surface area contributed by atoms with Gasteiger partial charge in [0.2, 0.25) is 0 Å². The number of allylic oxidation sites excluding steroid dienone is 4. The van der Waals surface area contributed by atoms with Gasteiger partial charge >= 0.3 is 0 Å². The molecule has 0 saturated carbocycles. The summed E-state index contributed by atoms with van der Waals surface area (Å²) in [4.78, 5) is 12.2. The summed E-state index contributed by atoms with van der Waals surface area (Å²) in [7, 11) is 0. The second-order valence-corrected chi connectivity index (χ2v) is 10.3. The molecule has 0 aliphatic heterocycles. The molecule has 27 heavy (non-hydrogen) atoms. The fraction of sp³-hybridized carbons (Fsp3) is 0.800. The Balaban J connectivity index is 2.23. The van der Waals surface area contributed by atoms with Crippen LogP contribution in [0.1, 0.15) is 112 Å². The van der Waals surface area contributed by atoms with E-state index in [1.54, 1.807) is 6.92 Å². The lowest BCUT2D eigenvalue weighted by Gasteiger charge is -2.33. The van der Waals surface area contributed by atoms with Gasteiger partial charge in [-0.15, -0.1) is 0 Å². The molecule has 1 atom stereocenters. The summed E-state index contributed by atoms with van der Waals surface area (Å²) in [5.41, 5.74) is 3.06. The first-order valence-corrected chi connectivity index (χ1v) is 12.4. The molecule has 1 rings (SSSR count). The largest absolute Gasteiger partial charge is 0.299 e. The predicted molar refractivity (Wildman–Crippen MR) is 124 cm³/mol. The van der Waals surface area contributed by atoms with Gasteiger partial charge in [-0.3, -0.25) is 4.79 Å². The number of carbonyl (C=O) groups is 1. The molecule has 0 aromatic heterocycles. The minimum absolute atomic E-state index is 0.138. The molecule has 1 aliphatic rings. The molecule has 0 aromatic rings. The Morgan fingerprint density at radius 1 is 1.04 bits per heavy atom. The summed E-state index contributed by atoms with van der Waals surface area (Å²) in [6.45, 7) is 10.9. The Morgan fingerprint density at radius 2 is 1.59 bits per heavy atom. The molecular formula is C25H44OS. The maximum atomic E-state index is 12.2. The van der Waals surface area contributed by atoms with E-state index in [9.17, 15) is 4.79 Å². The highest BCUT2D eigenvalue weighted by Crippen LogP contribution is 2.41. The highest BCUT2D eigenvalue weighted by Gasteiger charge is 2.29. The van der Waals surface area contributed by atoms with Gasteiger partial charge in [0.15, 0.2) is 0 Å². The van der Waals surface area contributed by atoms with Crippen LogP contribution in [0.4, 0.5) is 0 Å². The normalized spacial score (nSPS) is 17.4. The van der Waals surface area contributed by atoms with Gasteiger partial charge in [0.25, 0.3) is 0 Å². The summed E-state index contributed by atoms with van der Waals surface area (Å²) >= 11 is 1.90. The van der Waals surface area contributed by atoms with Gasteiger partial charge in [-0.2, -0.15) is 11.8 Å². The Labute approximate surface area is 173 Å². The minimum Gasteiger partial charge on any atom is -0.299 e. The first-order valence-electron chi connectivity index (χ1n) is 11.4. The van der Waals surface area contributed by atoms with E-state index in [4.69, 9.17) is 0 Å². The number of hydrogen-bond donors (Lipinski definition) is 0. The van der Waals surface area contributed by atoms with Crippen LogP contribution in [0, 0.1) is 5.41 Å². The van der Waals surface area contributed by atoms with E-state index in [1.165, 1.54) is 75.4 Å². The van der Waals surface area contributed by atoms with Crippen molar-refractivity contribution in [3.8, 4) is 0 Å². The van der Waals surface area contributed by atoms with Crippen molar-refractivity contribution in [3.05, 3.63) is 23.3 Å². The average Bonchev–Trinajstić information content (AvgIpc) is 2.60. The second kappa shape index (κ2) is 13.6. The zero-order valence-corrected chi connectivity index (χ0v) is 19.6. The third-order valence-electron chi connectivity index (χ3n) is 5.95. The van der Waals surface area contributed by atoms with E-state index in [2.05, 4.69) is 39.8 Å². The van der Waals surface area contributed by atoms with E-state index in [0.717, 1.165) is 18.6 Å². The quantitative estimate of drug-likeness (QED) is 0.261. The molecule has 1 aliphatic carbocycles. The van der Waals surface area contributed by atoms with E-state index in [-0.39, 0.29) is 10.7 Å². The third-order valence-corrected chi connectivity index (χ3v) is 7.37. The van der Waals surface area contributed by atoms with Crippen molar-refractivity contribution < 1.29 is 4.79 Å². The van der Waals surface area contributed by atoms with Gasteiger partial charge in [0, 0.05) is 0 Å². The molecule has 1 unspecified atom stereocenters. The SMILES string of the molecule is CCCCCCCCCCCCSC(CC1=C(C)C=CCC1(C)C)C(C)=O. The van der Waals surface area contributed by atoms with Gasteiger partial charge < -0.3 is 0 Å². The fourth-order valence-corrected chi connectivity index (χ4v) is 5.22. The summed E-state index contributed by atoms with van der Waals surface area (Å²) in [5.74, 6) is 1.47. The van der Waals surface area contributed by atoms with Crippen molar-refractivity contribution in [2.75, 3.05) is 5.75 Å². The molecule has 156 valence electrons. The van der Waals surface area contributed by atoms with E-state index in [0.29, 0.717) is 5.78 Å². The first kappa shape index (κ1) is 24.5. The Kier molecular flexibility index (Phi) is 12.4. The zero-order chi connectivity index (χ0) is 20.1. The van der Waals surface area contributed by atoms with Crippen LogP contribution in [0.2, 0.25) is 0 Å². The average molecular weight is 393 g/mol. The van der Waals surface area contributed by atoms with Gasteiger partial charge in [0.1, 0.15) is 5.78 Å². The molecule has 0 amide bonds. The zero-order valence-electron chi connectivity index (χ0n) is 18.7. The van der Waals surface area contributed by atoms with Crippen molar-refractivity contribution in [1.29, 1.82) is 0 Å². The molecular weight excluding hydrogens is 348 g/mol. The van der Waals surface area contributed by atoms with Crippen molar-refractivity contribution in [2.45, 2.75) is 117 Å². The van der Waals surface area contributed by atoms with E-state index in [1.807, 2.05) is 11.8 Å². The molecule has 2 heteroatoms. The van der Waals surface area contributed by atoms with Gasteiger partial charge in [-0.1, -0.05) is 102 Å². The lowest BCUT2D eigenvalue weighted by atomic mass is 9.74. The summed E-state index contributed by atoms with van der Waals surface area (Å²) in [6, 6.07) is 0. The van der Waals surface area contributed by atoms with Crippen molar-refractivity contribution in [3.63, 3.8) is 0 Å². The molecule has 1 nitrogen and oxygen atoms in total. The molecule has 0 aromatic carbocycles. The number of thioether (sulfide) groups is 1. The molecule has 0 spiro atoms. The van der Waals surface area contributed by atoms with Gasteiger partial charge in [0.05, 0.1) is 5.25 Å². The van der Waals surface area contributed by atoms with E-state index < -0.39 is 0 Å². The monoisotopic (exact) mass is 392 g/mol. The van der Waals surface area contributed by atoms with E-state index >= 15 is 0 Å². The van der Waals surface area contributed by atoms with Gasteiger partial charge in [-0.05, 0) is 44.3 Å². The third kappa shape index (κ3) is 10.0. The Bertz CT molecular complexity index is 487. The highest BCUT2D eigenvalue weighted by molar-refractivity contribution is 8.00. The fourth-order valence-electron chi connectivity index (χ4n) is 4.05. The molecule has 0 radical (unpaired) electrons. The summed E-state index contributed by atoms with van der Waals surface area (Å²) < 4.78 is 0. The number of ketones is 1. The molecule has 0 N–H and O–H groups in total. The summed E-state index contributed by atoms with van der Waals surface area (Å²) in [6.07, 6.45) is 20.3. The van der Waals surface area contributed by atoms with Crippen LogP contribution in [0.25, 0.3) is 0 Å². The Hall–Kier alpha value is -0.500. The van der Waals surface area contributed by atoms with Crippen LogP contribution in [0.5, 0.6) is 0 Å². The van der Waals surface area contributed by atoms with Crippen LogP contribution in [-0.4, -0.2) is 16.8 Å². The number of rotatable bonds is 15. The first-order chi connectivity index (χ1) is 12.9. The Morgan fingerprint density at radius 3 is 2.11 bits per heavy atom. The smallest absolute Gasteiger partial charge is 0.143 e. The predicted octanol–water partition coefficient (Wildman–Crippen LogP) is 8.29. The minimum atomic E-state index is 0.138. The number of Topliss-reactive ketones (excluding diaryl/α,β-unsaturated/α-hetero) is 1. The van der Waals surface area contributed by atoms with Crippen LogP contribution < -0.4 is 0 Å². The van der Waals surface area contributed by atoms with Crippen molar-refractivity contribution in [1.82, 2.24) is 0 Å². The highest BCUT2D eigenvalue weighted by atomic mass is 32.2. The van der Waals surface area contributed by atoms with Crippen LogP contribution in [-0.2, 0) is 4.79 Å². The number of hydrogen-bond acceptors (Lipinski definition) is 2.